The van der Waals surface area contributed by atoms with Crippen LogP contribution in [0.15, 0.2) is 35.1 Å². The van der Waals surface area contributed by atoms with Gasteiger partial charge in [-0.1, -0.05) is 12.1 Å². The van der Waals surface area contributed by atoms with Gasteiger partial charge in [0.05, 0.1) is 19.8 Å². The van der Waals surface area contributed by atoms with Crippen molar-refractivity contribution in [3.8, 4) is 11.6 Å². The Balaban J connectivity index is 1.60. The zero-order chi connectivity index (χ0) is 19.8. The number of rotatable bonds is 9. The molecule has 2 aromatic rings. The van der Waals surface area contributed by atoms with E-state index >= 15 is 0 Å². The van der Waals surface area contributed by atoms with Crippen molar-refractivity contribution in [1.82, 2.24) is 4.98 Å². The van der Waals surface area contributed by atoms with Crippen molar-refractivity contribution in [2.24, 2.45) is 0 Å². The quantitative estimate of drug-likeness (QED) is 0.661. The summed E-state index contributed by atoms with van der Waals surface area (Å²) in [4.78, 5) is 25.8. The van der Waals surface area contributed by atoms with Crippen molar-refractivity contribution in [3.63, 3.8) is 0 Å². The molecule has 150 valence electrons. The van der Waals surface area contributed by atoms with Crippen LogP contribution in [0.4, 0.5) is 0 Å². The molecule has 1 aliphatic heterocycles. The fourth-order valence-corrected chi connectivity index (χ4v) is 2.95. The molecular weight excluding hydrogens is 362 g/mol. The monoisotopic (exact) mass is 387 g/mol. The van der Waals surface area contributed by atoms with Crippen molar-refractivity contribution in [3.05, 3.63) is 57.4 Å². The van der Waals surface area contributed by atoms with E-state index in [2.05, 4.69) is 4.98 Å². The van der Waals surface area contributed by atoms with E-state index in [1.807, 2.05) is 31.2 Å². The van der Waals surface area contributed by atoms with E-state index in [4.69, 9.17) is 18.9 Å². The number of ether oxygens (including phenoxy) is 4. The number of carbonyl (C=O) groups is 1. The number of aromatic nitrogens is 1. The molecule has 1 unspecified atom stereocenters. The maximum absolute atomic E-state index is 12.3. The first kappa shape index (κ1) is 20.1. The predicted molar refractivity (Wildman–Crippen MR) is 103 cm³/mol. The summed E-state index contributed by atoms with van der Waals surface area (Å²) in [7, 11) is 0. The van der Waals surface area contributed by atoms with E-state index in [-0.39, 0.29) is 18.1 Å². The normalized spacial score (nSPS) is 16.5. The van der Waals surface area contributed by atoms with Crippen LogP contribution in [0.3, 0.4) is 0 Å². The number of H-pyrrole nitrogens is 1. The highest BCUT2D eigenvalue weighted by Gasteiger charge is 2.16. The number of aryl methyl sites for hydroxylation is 2. The predicted octanol–water partition coefficient (Wildman–Crippen LogP) is 1.84. The van der Waals surface area contributed by atoms with Crippen LogP contribution >= 0.6 is 0 Å². The van der Waals surface area contributed by atoms with E-state index in [1.54, 1.807) is 0 Å². The number of carbonyl (C=O) groups excluding carboxylic acids is 1. The molecule has 1 atom stereocenters. The highest BCUT2D eigenvalue weighted by Crippen LogP contribution is 2.16. The van der Waals surface area contributed by atoms with Crippen molar-refractivity contribution in [1.29, 1.82) is 0 Å². The van der Waals surface area contributed by atoms with Gasteiger partial charge in [-0.15, -0.1) is 0 Å². The fourth-order valence-electron chi connectivity index (χ4n) is 2.95. The van der Waals surface area contributed by atoms with Crippen LogP contribution in [0.5, 0.6) is 11.6 Å². The van der Waals surface area contributed by atoms with Crippen LogP contribution in [0.2, 0.25) is 0 Å². The Kier molecular flexibility index (Phi) is 7.22. The third-order valence-corrected chi connectivity index (χ3v) is 4.57. The van der Waals surface area contributed by atoms with E-state index < -0.39 is 0 Å². The first-order valence-electron chi connectivity index (χ1n) is 9.36. The molecule has 28 heavy (non-hydrogen) atoms. The molecule has 1 saturated heterocycles. The number of hydrogen-bond acceptors (Lipinski definition) is 6. The molecule has 1 aromatic carbocycles. The number of pyridine rings is 1. The number of nitrogens with one attached hydrogen (secondary N) is 1. The van der Waals surface area contributed by atoms with E-state index in [1.165, 1.54) is 6.07 Å². The van der Waals surface area contributed by atoms with E-state index in [0.717, 1.165) is 24.0 Å². The van der Waals surface area contributed by atoms with Gasteiger partial charge in [0.15, 0.2) is 17.6 Å². The molecule has 0 radical (unpaired) electrons. The molecule has 0 aliphatic carbocycles. The van der Waals surface area contributed by atoms with Crippen molar-refractivity contribution in [2.75, 3.05) is 33.0 Å². The molecule has 3 rings (SSSR count). The topological polar surface area (TPSA) is 86.9 Å². The van der Waals surface area contributed by atoms with E-state index in [9.17, 15) is 9.59 Å². The Labute approximate surface area is 163 Å². The van der Waals surface area contributed by atoms with Gasteiger partial charge in [0.2, 0.25) is 0 Å². The molecule has 1 fully saturated rings. The van der Waals surface area contributed by atoms with Crippen LogP contribution in [-0.4, -0.2) is 50.4 Å². The average molecular weight is 387 g/mol. The summed E-state index contributed by atoms with van der Waals surface area (Å²) in [5.41, 5.74) is 2.60. The Morgan fingerprint density at radius 3 is 2.71 bits per heavy atom. The van der Waals surface area contributed by atoms with Crippen LogP contribution in [0.25, 0.3) is 0 Å². The number of aromatic amines is 1. The summed E-state index contributed by atoms with van der Waals surface area (Å²) in [6.45, 7) is 3.85. The SMILES string of the molecule is Cc1c(CCc2ccc(OCC=O)cc2)[nH]c(OCC2COCCO2)cc1=O. The zero-order valence-corrected chi connectivity index (χ0v) is 15.9. The van der Waals surface area contributed by atoms with Gasteiger partial charge in [0, 0.05) is 17.3 Å². The summed E-state index contributed by atoms with van der Waals surface area (Å²) in [6, 6.07) is 9.05. The molecule has 7 heteroatoms. The lowest BCUT2D eigenvalue weighted by Gasteiger charge is -2.23. The minimum Gasteiger partial charge on any atom is -0.486 e. The van der Waals surface area contributed by atoms with Crippen molar-refractivity contribution in [2.45, 2.75) is 25.9 Å². The summed E-state index contributed by atoms with van der Waals surface area (Å²) in [6.07, 6.45) is 2.03. The molecule has 0 amide bonds. The van der Waals surface area contributed by atoms with Gasteiger partial charge in [-0.2, -0.15) is 0 Å². The Bertz CT molecular complexity index is 824. The van der Waals surface area contributed by atoms with Gasteiger partial charge in [-0.25, -0.2) is 0 Å². The second-order valence-corrected chi connectivity index (χ2v) is 6.60. The lowest BCUT2D eigenvalue weighted by molar-refractivity contribution is -0.109. The summed E-state index contributed by atoms with van der Waals surface area (Å²) in [5.74, 6) is 1.10. The smallest absolute Gasteiger partial charge is 0.194 e. The van der Waals surface area contributed by atoms with Gasteiger partial charge in [0.1, 0.15) is 25.1 Å². The Hall–Kier alpha value is -2.64. The first-order valence-corrected chi connectivity index (χ1v) is 9.36. The highest BCUT2D eigenvalue weighted by molar-refractivity contribution is 5.51. The maximum Gasteiger partial charge on any atom is 0.194 e. The minimum absolute atomic E-state index is 0.0462. The molecular formula is C21H25NO6. The molecule has 0 spiro atoms. The zero-order valence-electron chi connectivity index (χ0n) is 15.9. The minimum atomic E-state index is -0.123. The molecule has 1 N–H and O–H groups in total. The van der Waals surface area contributed by atoms with Crippen LogP contribution < -0.4 is 14.9 Å². The lowest BCUT2D eigenvalue weighted by atomic mass is 10.0. The fraction of sp³-hybridized carbons (Fsp3) is 0.429. The van der Waals surface area contributed by atoms with Gasteiger partial charge in [-0.3, -0.25) is 9.59 Å². The summed E-state index contributed by atoms with van der Waals surface area (Å²) >= 11 is 0. The maximum atomic E-state index is 12.3. The lowest BCUT2D eigenvalue weighted by Crippen LogP contribution is -2.33. The summed E-state index contributed by atoms with van der Waals surface area (Å²) < 4.78 is 21.9. The number of benzene rings is 1. The third-order valence-electron chi connectivity index (χ3n) is 4.57. The number of hydrogen-bond donors (Lipinski definition) is 1. The van der Waals surface area contributed by atoms with Crippen LogP contribution in [0.1, 0.15) is 16.8 Å². The third kappa shape index (κ3) is 5.68. The second kappa shape index (κ2) is 10.1. The Morgan fingerprint density at radius 2 is 2.00 bits per heavy atom. The van der Waals surface area contributed by atoms with Crippen LogP contribution in [0, 0.1) is 6.92 Å². The molecule has 7 nitrogen and oxygen atoms in total. The van der Waals surface area contributed by atoms with Gasteiger partial charge < -0.3 is 23.9 Å². The van der Waals surface area contributed by atoms with Gasteiger partial charge in [-0.05, 0) is 37.5 Å². The van der Waals surface area contributed by atoms with Crippen molar-refractivity contribution >= 4 is 6.29 Å². The summed E-state index contributed by atoms with van der Waals surface area (Å²) in [5, 5.41) is 0. The molecule has 0 bridgehead atoms. The standard InChI is InChI=1S/C21H25NO6/c1-15-19(7-4-16-2-5-17(6-3-16)26-9-8-23)22-21(12-20(15)24)28-14-18-13-25-10-11-27-18/h2-3,5-6,8,12,18H,4,7,9-11,13-14H2,1H3,(H,22,24). The first-order chi connectivity index (χ1) is 13.7. The van der Waals surface area contributed by atoms with Gasteiger partial charge >= 0.3 is 0 Å². The van der Waals surface area contributed by atoms with E-state index in [0.29, 0.717) is 50.0 Å². The highest BCUT2D eigenvalue weighted by atomic mass is 16.6. The average Bonchev–Trinajstić information content (AvgIpc) is 2.73. The van der Waals surface area contributed by atoms with Crippen LogP contribution in [-0.2, 0) is 27.1 Å². The molecule has 2 heterocycles. The van der Waals surface area contributed by atoms with Gasteiger partial charge in [0.25, 0.3) is 0 Å². The number of aldehydes is 1. The van der Waals surface area contributed by atoms with Crippen molar-refractivity contribution < 1.29 is 23.7 Å². The Morgan fingerprint density at radius 1 is 1.18 bits per heavy atom. The molecule has 1 aromatic heterocycles. The molecule has 0 saturated carbocycles. The molecule has 1 aliphatic rings. The second-order valence-electron chi connectivity index (χ2n) is 6.60. The largest absolute Gasteiger partial charge is 0.486 e.